The van der Waals surface area contributed by atoms with Gasteiger partial charge in [0.25, 0.3) is 0 Å². The summed E-state index contributed by atoms with van der Waals surface area (Å²) in [5.74, 6) is 0. The standard InChI is InChI=1S/C17H28N2O.ClH/c1-4-14-5-7-15(8-6-14)16(17(2,3)13-20)19-11-9-18-10-12-19;/h5-8,16,18,20H,4,9-13H2,1-3H3;1H/t16-;/m1./s1. The molecule has 1 aliphatic rings. The number of aliphatic hydroxyl groups is 1. The van der Waals surface area contributed by atoms with Crippen molar-refractivity contribution >= 4 is 12.4 Å². The van der Waals surface area contributed by atoms with Crippen molar-refractivity contribution < 1.29 is 5.11 Å². The van der Waals surface area contributed by atoms with E-state index in [1.807, 2.05) is 0 Å². The number of nitrogens with one attached hydrogen (secondary N) is 1. The van der Waals surface area contributed by atoms with Gasteiger partial charge < -0.3 is 10.4 Å². The number of hydrogen-bond donors (Lipinski definition) is 2. The highest BCUT2D eigenvalue weighted by Gasteiger charge is 2.35. The van der Waals surface area contributed by atoms with Crippen LogP contribution in [0.3, 0.4) is 0 Å². The highest BCUT2D eigenvalue weighted by Crippen LogP contribution is 2.38. The van der Waals surface area contributed by atoms with E-state index in [9.17, 15) is 5.11 Å². The molecule has 1 aliphatic heterocycles. The zero-order chi connectivity index (χ0) is 14.6. The van der Waals surface area contributed by atoms with Gasteiger partial charge in [-0.25, -0.2) is 0 Å². The van der Waals surface area contributed by atoms with E-state index in [0.717, 1.165) is 32.6 Å². The average molecular weight is 313 g/mol. The summed E-state index contributed by atoms with van der Waals surface area (Å²) in [7, 11) is 0. The molecule has 0 aromatic heterocycles. The maximum absolute atomic E-state index is 9.81. The van der Waals surface area contributed by atoms with E-state index in [1.54, 1.807) is 0 Å². The minimum atomic E-state index is -0.134. The van der Waals surface area contributed by atoms with Crippen LogP contribution < -0.4 is 5.32 Å². The first kappa shape index (κ1) is 18.4. The van der Waals surface area contributed by atoms with Gasteiger partial charge >= 0.3 is 0 Å². The molecule has 3 nitrogen and oxygen atoms in total. The van der Waals surface area contributed by atoms with E-state index in [2.05, 4.69) is 55.3 Å². The molecule has 1 atom stereocenters. The Labute approximate surface area is 135 Å². The summed E-state index contributed by atoms with van der Waals surface area (Å²) in [5, 5.41) is 13.2. The second-order valence-corrected chi connectivity index (χ2v) is 6.43. The summed E-state index contributed by atoms with van der Waals surface area (Å²) in [6.07, 6.45) is 1.07. The fourth-order valence-corrected chi connectivity index (χ4v) is 3.12. The molecule has 0 bridgehead atoms. The van der Waals surface area contributed by atoms with Crippen LogP contribution in [0.15, 0.2) is 24.3 Å². The van der Waals surface area contributed by atoms with Crippen LogP contribution in [0.1, 0.15) is 37.9 Å². The van der Waals surface area contributed by atoms with Crippen LogP contribution in [0, 0.1) is 5.41 Å². The van der Waals surface area contributed by atoms with Gasteiger partial charge in [-0.15, -0.1) is 12.4 Å². The third-order valence-electron chi connectivity index (χ3n) is 4.37. The van der Waals surface area contributed by atoms with Crippen LogP contribution in [0.2, 0.25) is 0 Å². The first-order valence-electron chi connectivity index (χ1n) is 7.73. The predicted molar refractivity (Wildman–Crippen MR) is 91.1 cm³/mol. The minimum Gasteiger partial charge on any atom is -0.396 e. The number of benzene rings is 1. The number of piperazine rings is 1. The average Bonchev–Trinajstić information content (AvgIpc) is 2.49. The molecule has 1 aromatic carbocycles. The minimum absolute atomic E-state index is 0. The monoisotopic (exact) mass is 312 g/mol. The molecule has 2 rings (SSSR count). The maximum atomic E-state index is 9.81. The lowest BCUT2D eigenvalue weighted by molar-refractivity contribution is 0.0305. The Bertz CT molecular complexity index is 413. The summed E-state index contributed by atoms with van der Waals surface area (Å²) in [6.45, 7) is 10.9. The summed E-state index contributed by atoms with van der Waals surface area (Å²) >= 11 is 0. The van der Waals surface area contributed by atoms with Crippen molar-refractivity contribution in [1.29, 1.82) is 0 Å². The first-order chi connectivity index (χ1) is 9.58. The summed E-state index contributed by atoms with van der Waals surface area (Å²) in [4.78, 5) is 2.51. The smallest absolute Gasteiger partial charge is 0.0500 e. The molecule has 0 radical (unpaired) electrons. The van der Waals surface area contributed by atoms with Crippen LogP contribution in [-0.2, 0) is 6.42 Å². The molecule has 1 aromatic rings. The number of aliphatic hydroxyl groups excluding tert-OH is 1. The van der Waals surface area contributed by atoms with Crippen molar-refractivity contribution in [2.24, 2.45) is 5.41 Å². The molecule has 1 heterocycles. The van der Waals surface area contributed by atoms with Crippen molar-refractivity contribution in [3.8, 4) is 0 Å². The van der Waals surface area contributed by atoms with Crippen molar-refractivity contribution in [1.82, 2.24) is 10.2 Å². The fourth-order valence-electron chi connectivity index (χ4n) is 3.12. The first-order valence-corrected chi connectivity index (χ1v) is 7.73. The highest BCUT2D eigenvalue weighted by molar-refractivity contribution is 5.85. The van der Waals surface area contributed by atoms with Gasteiger partial charge in [0.05, 0.1) is 0 Å². The van der Waals surface area contributed by atoms with E-state index in [1.165, 1.54) is 11.1 Å². The lowest BCUT2D eigenvalue weighted by atomic mass is 9.79. The predicted octanol–water partition coefficient (Wildman–Crippen LogP) is 2.64. The molecule has 0 unspecified atom stereocenters. The van der Waals surface area contributed by atoms with Gasteiger partial charge in [-0.3, -0.25) is 4.90 Å². The van der Waals surface area contributed by atoms with Gasteiger partial charge in [0.1, 0.15) is 0 Å². The number of halogens is 1. The van der Waals surface area contributed by atoms with E-state index < -0.39 is 0 Å². The molecule has 4 heteroatoms. The Hall–Kier alpha value is -0.610. The van der Waals surface area contributed by atoms with Crippen LogP contribution >= 0.6 is 12.4 Å². The number of nitrogens with zero attached hydrogens (tertiary/aromatic N) is 1. The fraction of sp³-hybridized carbons (Fsp3) is 0.647. The SMILES string of the molecule is CCc1ccc([C@@H](N2CCNCC2)C(C)(C)CO)cc1.Cl. The quantitative estimate of drug-likeness (QED) is 0.877. The van der Waals surface area contributed by atoms with Crippen LogP contribution in [-0.4, -0.2) is 42.8 Å². The lowest BCUT2D eigenvalue weighted by Crippen LogP contribution is -2.49. The molecular formula is C17H29ClN2O. The Kier molecular flexibility index (Phi) is 7.14. The molecule has 1 fully saturated rings. The van der Waals surface area contributed by atoms with Crippen molar-refractivity contribution in [2.75, 3.05) is 32.8 Å². The Balaban J connectivity index is 0.00000220. The van der Waals surface area contributed by atoms with Gasteiger partial charge in [0.15, 0.2) is 0 Å². The van der Waals surface area contributed by atoms with Gasteiger partial charge in [-0.1, -0.05) is 45.0 Å². The third kappa shape index (κ3) is 4.43. The van der Waals surface area contributed by atoms with Gasteiger partial charge in [-0.05, 0) is 17.5 Å². The van der Waals surface area contributed by atoms with E-state index >= 15 is 0 Å². The Morgan fingerprint density at radius 3 is 2.24 bits per heavy atom. The third-order valence-corrected chi connectivity index (χ3v) is 4.37. The molecule has 1 saturated heterocycles. The Morgan fingerprint density at radius 1 is 1.19 bits per heavy atom. The topological polar surface area (TPSA) is 35.5 Å². The van der Waals surface area contributed by atoms with Crippen LogP contribution in [0.5, 0.6) is 0 Å². The highest BCUT2D eigenvalue weighted by atomic mass is 35.5. The number of aryl methyl sites for hydroxylation is 1. The van der Waals surface area contributed by atoms with E-state index in [-0.39, 0.29) is 30.5 Å². The second-order valence-electron chi connectivity index (χ2n) is 6.43. The lowest BCUT2D eigenvalue weighted by Gasteiger charge is -2.43. The zero-order valence-corrected chi connectivity index (χ0v) is 14.2. The molecule has 0 saturated carbocycles. The molecule has 0 spiro atoms. The van der Waals surface area contributed by atoms with Crippen LogP contribution in [0.25, 0.3) is 0 Å². The zero-order valence-electron chi connectivity index (χ0n) is 13.4. The van der Waals surface area contributed by atoms with Crippen molar-refractivity contribution in [3.63, 3.8) is 0 Å². The number of rotatable bonds is 5. The second kappa shape index (κ2) is 8.14. The molecule has 21 heavy (non-hydrogen) atoms. The summed E-state index contributed by atoms with van der Waals surface area (Å²) in [5.41, 5.74) is 2.56. The summed E-state index contributed by atoms with van der Waals surface area (Å²) in [6, 6.07) is 9.20. The molecule has 2 N–H and O–H groups in total. The molecular weight excluding hydrogens is 284 g/mol. The maximum Gasteiger partial charge on any atom is 0.0500 e. The molecule has 0 aliphatic carbocycles. The van der Waals surface area contributed by atoms with E-state index in [0.29, 0.717) is 0 Å². The van der Waals surface area contributed by atoms with Gasteiger partial charge in [0, 0.05) is 44.2 Å². The number of hydrogen-bond acceptors (Lipinski definition) is 3. The Morgan fingerprint density at radius 2 is 1.76 bits per heavy atom. The van der Waals surface area contributed by atoms with Crippen molar-refractivity contribution in [2.45, 2.75) is 33.2 Å². The molecule has 120 valence electrons. The van der Waals surface area contributed by atoms with Crippen molar-refractivity contribution in [3.05, 3.63) is 35.4 Å². The van der Waals surface area contributed by atoms with Crippen LogP contribution in [0.4, 0.5) is 0 Å². The largest absolute Gasteiger partial charge is 0.396 e. The summed E-state index contributed by atoms with van der Waals surface area (Å²) < 4.78 is 0. The van der Waals surface area contributed by atoms with Gasteiger partial charge in [-0.2, -0.15) is 0 Å². The van der Waals surface area contributed by atoms with Gasteiger partial charge in [0.2, 0.25) is 0 Å². The normalized spacial score (nSPS) is 18.1. The molecule has 0 amide bonds. The van der Waals surface area contributed by atoms with E-state index in [4.69, 9.17) is 0 Å².